The molecule has 152 valence electrons. The average molecular weight is 413 g/mol. The molecule has 2 aromatic rings. The summed E-state index contributed by atoms with van der Waals surface area (Å²) in [7, 11) is 0. The molecule has 2 rings (SSSR count). The van der Waals surface area contributed by atoms with Crippen molar-refractivity contribution in [3.05, 3.63) is 57.9 Å². The lowest BCUT2D eigenvalue weighted by molar-refractivity contribution is -0.387. The number of ether oxygens (including phenoxy) is 2. The number of nitrogens with zero attached hydrogens (tertiary/aromatic N) is 2. The number of hydrogen-bond donors (Lipinski definition) is 1. The van der Waals surface area contributed by atoms with Gasteiger partial charge in [-0.2, -0.15) is 22.8 Å². The van der Waals surface area contributed by atoms with Crippen molar-refractivity contribution < 1.29 is 36.8 Å². The molecule has 1 amide bonds. The molecule has 0 bridgehead atoms. The number of amides is 1. The molecule has 0 unspecified atom stereocenters. The third-order valence-corrected chi connectivity index (χ3v) is 3.26. The Labute approximate surface area is 160 Å². The molecule has 0 saturated heterocycles. The van der Waals surface area contributed by atoms with Crippen LogP contribution in [0, 0.1) is 27.3 Å². The first-order chi connectivity index (χ1) is 13.6. The Morgan fingerprint density at radius 1 is 1.21 bits per heavy atom. The Balaban J connectivity index is 1.97. The number of benzene rings is 2. The molecule has 0 aliphatic heterocycles. The SMILES string of the molecule is N#Cc1cc(NC(=O)COc2ccc([N+](=O)[O-])c(F)c2)ccc1OCC(F)(F)F. The topological polar surface area (TPSA) is 114 Å². The second kappa shape index (κ2) is 8.87. The van der Waals surface area contributed by atoms with Gasteiger partial charge in [0.05, 0.1) is 10.5 Å². The number of anilines is 1. The smallest absolute Gasteiger partial charge is 0.422 e. The van der Waals surface area contributed by atoms with Crippen molar-refractivity contribution in [1.29, 1.82) is 5.26 Å². The third-order valence-electron chi connectivity index (χ3n) is 3.26. The first-order valence-electron chi connectivity index (χ1n) is 7.69. The van der Waals surface area contributed by atoms with Crippen molar-refractivity contribution in [2.24, 2.45) is 0 Å². The van der Waals surface area contributed by atoms with Crippen molar-refractivity contribution in [3.8, 4) is 17.6 Å². The van der Waals surface area contributed by atoms with Gasteiger partial charge in [0, 0.05) is 17.8 Å². The highest BCUT2D eigenvalue weighted by Crippen LogP contribution is 2.25. The summed E-state index contributed by atoms with van der Waals surface area (Å²) in [4.78, 5) is 21.5. The van der Waals surface area contributed by atoms with E-state index in [1.165, 1.54) is 6.07 Å². The van der Waals surface area contributed by atoms with Crippen molar-refractivity contribution >= 4 is 17.3 Å². The van der Waals surface area contributed by atoms with Crippen LogP contribution in [0.15, 0.2) is 36.4 Å². The molecule has 1 N–H and O–H groups in total. The molecule has 0 aliphatic carbocycles. The molecule has 0 aromatic heterocycles. The summed E-state index contributed by atoms with van der Waals surface area (Å²) in [6, 6.07) is 7.79. The molecule has 0 aliphatic rings. The number of rotatable bonds is 7. The molecular formula is C17H11F4N3O5. The van der Waals surface area contributed by atoms with Crippen LogP contribution in [0.5, 0.6) is 11.5 Å². The second-order valence-electron chi connectivity index (χ2n) is 5.43. The van der Waals surface area contributed by atoms with Crippen molar-refractivity contribution in [2.75, 3.05) is 18.5 Å². The van der Waals surface area contributed by atoms with Crippen LogP contribution in [-0.2, 0) is 4.79 Å². The number of alkyl halides is 3. The number of nitro benzene ring substituents is 1. The zero-order chi connectivity index (χ0) is 21.6. The highest BCUT2D eigenvalue weighted by molar-refractivity contribution is 5.92. The summed E-state index contributed by atoms with van der Waals surface area (Å²) in [6.07, 6.45) is -4.58. The number of hydrogen-bond acceptors (Lipinski definition) is 6. The van der Waals surface area contributed by atoms with Crippen LogP contribution in [0.4, 0.5) is 28.9 Å². The summed E-state index contributed by atoms with van der Waals surface area (Å²) in [5, 5.41) is 21.9. The van der Waals surface area contributed by atoms with Crippen LogP contribution in [0.25, 0.3) is 0 Å². The third kappa shape index (κ3) is 6.35. The van der Waals surface area contributed by atoms with Gasteiger partial charge in [0.2, 0.25) is 5.82 Å². The van der Waals surface area contributed by atoms with E-state index in [0.29, 0.717) is 0 Å². The van der Waals surface area contributed by atoms with E-state index in [0.717, 1.165) is 30.3 Å². The minimum atomic E-state index is -4.58. The predicted molar refractivity (Wildman–Crippen MR) is 89.9 cm³/mol. The Bertz CT molecular complexity index is 973. The van der Waals surface area contributed by atoms with Gasteiger partial charge in [-0.1, -0.05) is 0 Å². The molecule has 0 saturated carbocycles. The highest BCUT2D eigenvalue weighted by Gasteiger charge is 2.29. The molecule has 0 spiro atoms. The molecule has 12 heteroatoms. The van der Waals surface area contributed by atoms with Crippen LogP contribution in [-0.4, -0.2) is 30.2 Å². The van der Waals surface area contributed by atoms with Gasteiger partial charge in [0.15, 0.2) is 13.2 Å². The van der Waals surface area contributed by atoms with E-state index in [4.69, 9.17) is 10.00 Å². The largest absolute Gasteiger partial charge is 0.484 e. The Kier molecular flexibility index (Phi) is 6.55. The number of nitro groups is 1. The second-order valence-corrected chi connectivity index (χ2v) is 5.43. The summed E-state index contributed by atoms with van der Waals surface area (Å²) in [5.41, 5.74) is -0.895. The van der Waals surface area contributed by atoms with Gasteiger partial charge in [-0.25, -0.2) is 0 Å². The Morgan fingerprint density at radius 2 is 1.93 bits per heavy atom. The molecular weight excluding hydrogens is 402 g/mol. The van der Waals surface area contributed by atoms with E-state index >= 15 is 0 Å². The summed E-state index contributed by atoms with van der Waals surface area (Å²) < 4.78 is 59.7. The van der Waals surface area contributed by atoms with Gasteiger partial charge in [-0.3, -0.25) is 14.9 Å². The number of nitrogens with one attached hydrogen (secondary N) is 1. The van der Waals surface area contributed by atoms with Gasteiger partial charge in [-0.05, 0) is 24.3 Å². The number of halogens is 4. The predicted octanol–water partition coefficient (Wildman–Crippen LogP) is 3.56. The van der Waals surface area contributed by atoms with Crippen molar-refractivity contribution in [3.63, 3.8) is 0 Å². The standard InChI is InChI=1S/C17H11F4N3O5/c18-13-6-12(2-3-14(13)24(26)27)28-8-16(25)23-11-1-4-15(10(5-11)7-22)29-9-17(19,20)21/h1-6H,8-9H2,(H,23,25). The maximum atomic E-state index is 13.5. The van der Waals surface area contributed by atoms with Gasteiger partial charge in [0.25, 0.3) is 5.91 Å². The molecule has 8 nitrogen and oxygen atoms in total. The fourth-order valence-corrected chi connectivity index (χ4v) is 2.05. The fraction of sp³-hybridized carbons (Fsp3) is 0.176. The van der Waals surface area contributed by atoms with Gasteiger partial charge < -0.3 is 14.8 Å². The zero-order valence-corrected chi connectivity index (χ0v) is 14.3. The molecule has 0 atom stereocenters. The average Bonchev–Trinajstić information content (AvgIpc) is 2.64. The van der Waals surface area contributed by atoms with Crippen LogP contribution >= 0.6 is 0 Å². The molecule has 0 heterocycles. The lowest BCUT2D eigenvalue weighted by atomic mass is 10.2. The van der Waals surface area contributed by atoms with Crippen LogP contribution in [0.3, 0.4) is 0 Å². The first kappa shape index (κ1) is 21.4. The molecule has 2 aromatic carbocycles. The maximum absolute atomic E-state index is 13.5. The van der Waals surface area contributed by atoms with Crippen LogP contribution in [0.1, 0.15) is 5.56 Å². The number of carbonyl (C=O) groups is 1. The highest BCUT2D eigenvalue weighted by atomic mass is 19.4. The monoisotopic (exact) mass is 413 g/mol. The van der Waals surface area contributed by atoms with E-state index in [1.807, 2.05) is 0 Å². The number of carbonyl (C=O) groups excluding carboxylic acids is 1. The first-order valence-corrected chi connectivity index (χ1v) is 7.69. The minimum absolute atomic E-state index is 0.0874. The lowest BCUT2D eigenvalue weighted by Gasteiger charge is -2.12. The summed E-state index contributed by atoms with van der Waals surface area (Å²) in [6.45, 7) is -2.17. The summed E-state index contributed by atoms with van der Waals surface area (Å²) >= 11 is 0. The summed E-state index contributed by atoms with van der Waals surface area (Å²) in [5.74, 6) is -2.30. The van der Waals surface area contributed by atoms with Gasteiger partial charge in [-0.15, -0.1) is 0 Å². The van der Waals surface area contributed by atoms with E-state index in [-0.39, 0.29) is 22.7 Å². The molecule has 0 fully saturated rings. The molecule has 0 radical (unpaired) electrons. The zero-order valence-electron chi connectivity index (χ0n) is 14.3. The van der Waals surface area contributed by atoms with Gasteiger partial charge in [0.1, 0.15) is 17.6 Å². The molecule has 29 heavy (non-hydrogen) atoms. The van der Waals surface area contributed by atoms with E-state index in [9.17, 15) is 32.5 Å². The van der Waals surface area contributed by atoms with E-state index in [2.05, 4.69) is 10.1 Å². The van der Waals surface area contributed by atoms with Crippen LogP contribution < -0.4 is 14.8 Å². The van der Waals surface area contributed by atoms with E-state index in [1.54, 1.807) is 6.07 Å². The van der Waals surface area contributed by atoms with Crippen molar-refractivity contribution in [2.45, 2.75) is 6.18 Å². The minimum Gasteiger partial charge on any atom is -0.484 e. The maximum Gasteiger partial charge on any atom is 0.422 e. The van der Waals surface area contributed by atoms with E-state index < -0.39 is 41.7 Å². The van der Waals surface area contributed by atoms with Gasteiger partial charge >= 0.3 is 11.9 Å². The normalized spacial score (nSPS) is 10.7. The lowest BCUT2D eigenvalue weighted by Crippen LogP contribution is -2.21. The fourth-order valence-electron chi connectivity index (χ4n) is 2.05. The Hall–Kier alpha value is -3.88. The Morgan fingerprint density at radius 3 is 2.52 bits per heavy atom. The quantitative estimate of drug-likeness (QED) is 0.422. The number of nitriles is 1. The van der Waals surface area contributed by atoms with Crippen LogP contribution in [0.2, 0.25) is 0 Å². The van der Waals surface area contributed by atoms with Crippen molar-refractivity contribution in [1.82, 2.24) is 0 Å².